The van der Waals surface area contributed by atoms with Crippen molar-refractivity contribution in [1.82, 2.24) is 4.98 Å². The monoisotopic (exact) mass is 441 g/mol. The molecule has 0 radical (unpaired) electrons. The molecule has 2 heterocycles. The molecule has 1 aliphatic heterocycles. The van der Waals surface area contributed by atoms with E-state index < -0.39 is 11.7 Å². The maximum atomic E-state index is 13.3. The first kappa shape index (κ1) is 22.9. The van der Waals surface area contributed by atoms with Crippen molar-refractivity contribution in [3.63, 3.8) is 0 Å². The molecule has 1 aromatic heterocycles. The molecular formula is C23H27ClF3NO2. The third kappa shape index (κ3) is 4.45. The number of rotatable bonds is 4. The summed E-state index contributed by atoms with van der Waals surface area (Å²) in [5.41, 5.74) is 0.693. The molecule has 0 bridgehead atoms. The smallest absolute Gasteiger partial charge is 0.417 e. The summed E-state index contributed by atoms with van der Waals surface area (Å²) in [6.45, 7) is 2.56. The van der Waals surface area contributed by atoms with E-state index in [0.717, 1.165) is 31.9 Å². The van der Waals surface area contributed by atoms with Crippen LogP contribution >= 0.6 is 12.4 Å². The zero-order valence-electron chi connectivity index (χ0n) is 17.0. The number of halogens is 4. The molecule has 164 valence electrons. The van der Waals surface area contributed by atoms with Crippen LogP contribution in [0.4, 0.5) is 13.2 Å². The highest BCUT2D eigenvalue weighted by molar-refractivity contribution is 5.85. The zero-order valence-corrected chi connectivity index (χ0v) is 17.8. The molecule has 1 aromatic carbocycles. The molecular weight excluding hydrogens is 415 g/mol. The number of nitrogens with zero attached hydrogens (tertiary/aromatic N) is 1. The normalized spacial score (nSPS) is 26.4. The second-order valence-electron chi connectivity index (χ2n) is 8.04. The highest BCUT2D eigenvalue weighted by Gasteiger charge is 2.49. The third-order valence-electron chi connectivity index (χ3n) is 6.27. The SMILES string of the molecule is CCOc1ncc(C(F)(F)F)cc1[C@@H]1CO[C@]2(CCCC[C@H]2c2ccccc2)C1.Cl. The second kappa shape index (κ2) is 9.15. The van der Waals surface area contributed by atoms with E-state index >= 15 is 0 Å². The van der Waals surface area contributed by atoms with Crippen molar-refractivity contribution >= 4 is 12.4 Å². The van der Waals surface area contributed by atoms with E-state index in [1.807, 2.05) is 25.1 Å². The van der Waals surface area contributed by atoms with Gasteiger partial charge in [-0.2, -0.15) is 13.2 Å². The van der Waals surface area contributed by atoms with Gasteiger partial charge in [-0.1, -0.05) is 43.2 Å². The van der Waals surface area contributed by atoms with Crippen LogP contribution < -0.4 is 4.74 Å². The Morgan fingerprint density at radius 1 is 1.20 bits per heavy atom. The average Bonchev–Trinajstić information content (AvgIpc) is 3.13. The van der Waals surface area contributed by atoms with Gasteiger partial charge >= 0.3 is 6.18 Å². The third-order valence-corrected chi connectivity index (χ3v) is 6.27. The summed E-state index contributed by atoms with van der Waals surface area (Å²) in [5.74, 6) is 0.394. The van der Waals surface area contributed by atoms with E-state index in [9.17, 15) is 13.2 Å². The van der Waals surface area contributed by atoms with E-state index in [1.54, 1.807) is 0 Å². The van der Waals surface area contributed by atoms with Crippen LogP contribution in [0.15, 0.2) is 42.6 Å². The topological polar surface area (TPSA) is 31.4 Å². The van der Waals surface area contributed by atoms with Crippen molar-refractivity contribution in [2.75, 3.05) is 13.2 Å². The second-order valence-corrected chi connectivity index (χ2v) is 8.04. The van der Waals surface area contributed by atoms with Crippen molar-refractivity contribution in [2.45, 2.75) is 62.6 Å². The predicted molar refractivity (Wildman–Crippen MR) is 111 cm³/mol. The molecule has 1 saturated carbocycles. The number of aromatic nitrogens is 1. The quantitative estimate of drug-likeness (QED) is 0.541. The van der Waals surface area contributed by atoms with Crippen LogP contribution in [0.3, 0.4) is 0 Å². The number of pyridine rings is 1. The molecule has 2 aliphatic rings. The molecule has 1 saturated heterocycles. The standard InChI is InChI=1S/C23H26F3NO2.ClH/c1-2-28-21-19(12-18(14-27-21)23(24,25)26)17-13-22(29-15-17)11-7-6-10-20(22)16-8-4-3-5-9-16;/h3-5,8-9,12,14,17,20H,2,6-7,10-11,13,15H2,1H3;1H/t17-,20-,22+;/m0./s1. The zero-order chi connectivity index (χ0) is 20.5. The molecule has 4 rings (SSSR count). The number of benzene rings is 1. The van der Waals surface area contributed by atoms with Crippen molar-refractivity contribution in [1.29, 1.82) is 0 Å². The molecule has 2 aromatic rings. The largest absolute Gasteiger partial charge is 0.478 e. The molecule has 1 spiro atoms. The Labute approximate surface area is 181 Å². The van der Waals surface area contributed by atoms with E-state index in [-0.39, 0.29) is 29.8 Å². The lowest BCUT2D eigenvalue weighted by Gasteiger charge is -2.41. The van der Waals surface area contributed by atoms with Gasteiger partial charge in [-0.3, -0.25) is 0 Å². The number of alkyl halides is 3. The van der Waals surface area contributed by atoms with Gasteiger partial charge in [0.1, 0.15) is 0 Å². The van der Waals surface area contributed by atoms with Gasteiger partial charge in [0.25, 0.3) is 0 Å². The molecule has 3 nitrogen and oxygen atoms in total. The Kier molecular flexibility index (Phi) is 6.98. The minimum Gasteiger partial charge on any atom is -0.478 e. The van der Waals surface area contributed by atoms with Gasteiger partial charge in [0, 0.05) is 23.6 Å². The van der Waals surface area contributed by atoms with Crippen LogP contribution in [0.1, 0.15) is 67.6 Å². The lowest BCUT2D eigenvalue weighted by molar-refractivity contribution is -0.137. The van der Waals surface area contributed by atoms with Crippen LogP contribution in [0, 0.1) is 0 Å². The Morgan fingerprint density at radius 3 is 2.67 bits per heavy atom. The van der Waals surface area contributed by atoms with E-state index in [4.69, 9.17) is 9.47 Å². The Hall–Kier alpha value is -1.79. The molecule has 1 aliphatic carbocycles. The average molecular weight is 442 g/mol. The van der Waals surface area contributed by atoms with Gasteiger partial charge in [-0.25, -0.2) is 4.98 Å². The lowest BCUT2D eigenvalue weighted by Crippen LogP contribution is -2.38. The Bertz CT molecular complexity index is 846. The fraction of sp³-hybridized carbons (Fsp3) is 0.522. The van der Waals surface area contributed by atoms with Gasteiger partial charge in [-0.15, -0.1) is 12.4 Å². The highest BCUT2D eigenvalue weighted by atomic mass is 35.5. The molecule has 0 unspecified atom stereocenters. The van der Waals surface area contributed by atoms with E-state index in [0.29, 0.717) is 31.1 Å². The Morgan fingerprint density at radius 2 is 1.97 bits per heavy atom. The molecule has 0 N–H and O–H groups in total. The number of ether oxygens (including phenoxy) is 2. The van der Waals surface area contributed by atoms with Crippen molar-refractivity contribution in [2.24, 2.45) is 0 Å². The van der Waals surface area contributed by atoms with Crippen LogP contribution in [-0.4, -0.2) is 23.8 Å². The van der Waals surface area contributed by atoms with Crippen LogP contribution in [0.25, 0.3) is 0 Å². The van der Waals surface area contributed by atoms with Gasteiger partial charge in [-0.05, 0) is 37.8 Å². The van der Waals surface area contributed by atoms with Gasteiger partial charge < -0.3 is 9.47 Å². The molecule has 30 heavy (non-hydrogen) atoms. The van der Waals surface area contributed by atoms with Gasteiger partial charge in [0.15, 0.2) is 0 Å². The van der Waals surface area contributed by atoms with Gasteiger partial charge in [0.05, 0.1) is 24.4 Å². The Balaban J connectivity index is 0.00000256. The minimum absolute atomic E-state index is 0. The summed E-state index contributed by atoms with van der Waals surface area (Å²) in [4.78, 5) is 3.99. The molecule has 0 amide bonds. The summed E-state index contributed by atoms with van der Waals surface area (Å²) < 4.78 is 51.9. The van der Waals surface area contributed by atoms with Crippen LogP contribution in [0.2, 0.25) is 0 Å². The minimum atomic E-state index is -4.43. The van der Waals surface area contributed by atoms with E-state index in [1.165, 1.54) is 11.6 Å². The van der Waals surface area contributed by atoms with Crippen molar-refractivity contribution in [3.8, 4) is 5.88 Å². The first-order valence-electron chi connectivity index (χ1n) is 10.3. The fourth-order valence-corrected chi connectivity index (χ4v) is 4.96. The number of hydrogen-bond donors (Lipinski definition) is 0. The van der Waals surface area contributed by atoms with E-state index in [2.05, 4.69) is 17.1 Å². The van der Waals surface area contributed by atoms with Crippen molar-refractivity contribution in [3.05, 3.63) is 59.3 Å². The molecule has 7 heteroatoms. The van der Waals surface area contributed by atoms with Gasteiger partial charge in [0.2, 0.25) is 5.88 Å². The predicted octanol–water partition coefficient (Wildman–Crippen LogP) is 6.52. The molecule has 3 atom stereocenters. The summed E-state index contributed by atoms with van der Waals surface area (Å²) in [6.07, 6.45) is 1.30. The van der Waals surface area contributed by atoms with Crippen LogP contribution in [-0.2, 0) is 10.9 Å². The molecule has 2 fully saturated rings. The summed E-state index contributed by atoms with van der Waals surface area (Å²) >= 11 is 0. The maximum absolute atomic E-state index is 13.3. The van der Waals surface area contributed by atoms with Crippen LogP contribution in [0.5, 0.6) is 5.88 Å². The summed E-state index contributed by atoms with van der Waals surface area (Å²) in [7, 11) is 0. The summed E-state index contributed by atoms with van der Waals surface area (Å²) in [5, 5.41) is 0. The lowest BCUT2D eigenvalue weighted by atomic mass is 9.69. The highest BCUT2D eigenvalue weighted by Crippen LogP contribution is 2.53. The maximum Gasteiger partial charge on any atom is 0.417 e. The summed E-state index contributed by atoms with van der Waals surface area (Å²) in [6, 6.07) is 11.5. The fourth-order valence-electron chi connectivity index (χ4n) is 4.96. The van der Waals surface area contributed by atoms with Crippen molar-refractivity contribution < 1.29 is 22.6 Å². The first-order chi connectivity index (χ1) is 13.9. The number of hydrogen-bond acceptors (Lipinski definition) is 3. The first-order valence-corrected chi connectivity index (χ1v) is 10.3.